The molecule has 0 aromatic carbocycles. The van der Waals surface area contributed by atoms with Crippen LogP contribution < -0.4 is 5.32 Å². The molecule has 1 aliphatic heterocycles. The molecule has 0 atom stereocenters. The number of carbonyl (C=O) groups excluding carboxylic acids is 3. The maximum atomic E-state index is 12.3. The highest BCUT2D eigenvalue weighted by Gasteiger charge is 2.38. The Kier molecular flexibility index (Phi) is 5.14. The first kappa shape index (κ1) is 19.5. The summed E-state index contributed by atoms with van der Waals surface area (Å²) in [5.41, 5.74) is 0.531. The van der Waals surface area contributed by atoms with Crippen LogP contribution in [0.1, 0.15) is 25.9 Å². The summed E-state index contributed by atoms with van der Waals surface area (Å²) in [6, 6.07) is 2.34. The third-order valence-electron chi connectivity index (χ3n) is 4.15. The van der Waals surface area contributed by atoms with E-state index in [1.165, 1.54) is 15.9 Å². The predicted molar refractivity (Wildman–Crippen MR) is 98.3 cm³/mol. The predicted octanol–water partition coefficient (Wildman–Crippen LogP) is 1.37. The van der Waals surface area contributed by atoms with E-state index in [1.54, 1.807) is 21.0 Å². The molecule has 1 N–H and O–H groups in total. The Hall–Kier alpha value is -3.28. The number of likely N-dealkylation sites (tertiary alicyclic amines) is 1. The zero-order valence-corrected chi connectivity index (χ0v) is 16.1. The average Bonchev–Trinajstić information content (AvgIpc) is 3.19. The average molecular weight is 407 g/mol. The second kappa shape index (κ2) is 7.38. The summed E-state index contributed by atoms with van der Waals surface area (Å²) in [7, 11) is 3.26. The minimum absolute atomic E-state index is 0.145. The number of amides is 3. The van der Waals surface area contributed by atoms with Crippen LogP contribution in [0, 0.1) is 23.0 Å². The van der Waals surface area contributed by atoms with Crippen molar-refractivity contribution in [2.45, 2.75) is 6.92 Å². The summed E-state index contributed by atoms with van der Waals surface area (Å²) in [6.45, 7) is 2.01. The largest absolute Gasteiger partial charge is 0.433 e. The molecule has 11 nitrogen and oxygen atoms in total. The van der Waals surface area contributed by atoms with Crippen molar-refractivity contribution in [1.82, 2.24) is 14.8 Å². The highest BCUT2D eigenvalue weighted by Crippen LogP contribution is 2.26. The summed E-state index contributed by atoms with van der Waals surface area (Å²) in [5, 5.41) is 13.6. The number of furan rings is 1. The van der Waals surface area contributed by atoms with Crippen molar-refractivity contribution in [1.29, 1.82) is 0 Å². The summed E-state index contributed by atoms with van der Waals surface area (Å²) in [6.07, 6.45) is 0. The van der Waals surface area contributed by atoms with Gasteiger partial charge < -0.3 is 19.5 Å². The number of hydrogen-bond donors (Lipinski definition) is 1. The Balaban J connectivity index is 1.56. The highest BCUT2D eigenvalue weighted by molar-refractivity contribution is 7.17. The molecular weight excluding hydrogens is 390 g/mol. The van der Waals surface area contributed by atoms with Crippen LogP contribution in [0.15, 0.2) is 16.5 Å². The van der Waals surface area contributed by atoms with E-state index in [9.17, 15) is 24.5 Å². The molecule has 148 valence electrons. The Morgan fingerprint density at radius 3 is 2.61 bits per heavy atom. The lowest BCUT2D eigenvalue weighted by Gasteiger charge is -2.37. The van der Waals surface area contributed by atoms with Crippen LogP contribution in [0.5, 0.6) is 0 Å². The molecule has 3 rings (SSSR count). The first-order valence-electron chi connectivity index (χ1n) is 8.20. The number of aromatic nitrogens is 1. The van der Waals surface area contributed by atoms with Crippen molar-refractivity contribution in [3.63, 3.8) is 0 Å². The lowest BCUT2D eigenvalue weighted by Crippen LogP contribution is -2.54. The van der Waals surface area contributed by atoms with Gasteiger partial charge in [-0.15, -0.1) is 0 Å². The van der Waals surface area contributed by atoms with Crippen molar-refractivity contribution in [2.24, 2.45) is 5.92 Å². The van der Waals surface area contributed by atoms with Gasteiger partial charge in [0.2, 0.25) is 5.91 Å². The minimum atomic E-state index is -0.728. The summed E-state index contributed by atoms with van der Waals surface area (Å²) in [4.78, 5) is 53.9. The summed E-state index contributed by atoms with van der Waals surface area (Å²) in [5.74, 6) is -2.11. The number of rotatable bonds is 5. The van der Waals surface area contributed by atoms with Gasteiger partial charge in [0.1, 0.15) is 9.80 Å². The van der Waals surface area contributed by atoms with Gasteiger partial charge in [0.05, 0.1) is 17.7 Å². The molecule has 3 amide bonds. The van der Waals surface area contributed by atoms with Gasteiger partial charge in [0.15, 0.2) is 10.9 Å². The molecule has 2 aromatic heterocycles. The molecule has 1 saturated heterocycles. The molecule has 12 heteroatoms. The molecule has 0 spiro atoms. The van der Waals surface area contributed by atoms with Crippen LogP contribution in [-0.2, 0) is 4.79 Å². The molecule has 3 heterocycles. The van der Waals surface area contributed by atoms with Crippen LogP contribution in [0.4, 0.5) is 11.0 Å². The second-order valence-corrected chi connectivity index (χ2v) is 7.42. The molecule has 28 heavy (non-hydrogen) atoms. The number of carbonyl (C=O) groups is 3. The number of anilines is 1. The molecule has 1 aliphatic rings. The zero-order valence-electron chi connectivity index (χ0n) is 15.3. The van der Waals surface area contributed by atoms with Crippen LogP contribution in [0.2, 0.25) is 0 Å². The topological polar surface area (TPSA) is 139 Å². The molecule has 2 aromatic rings. The molecular formula is C16H17N5O6S. The number of nitrogens with one attached hydrogen (secondary N) is 1. The van der Waals surface area contributed by atoms with Gasteiger partial charge in [-0.25, -0.2) is 4.98 Å². The Morgan fingerprint density at radius 2 is 2.04 bits per heavy atom. The lowest BCUT2D eigenvalue weighted by atomic mass is 9.99. The quantitative estimate of drug-likeness (QED) is 0.583. The standard InChI is InChI=1S/C16H17N5O6S/c1-8-12(15(24)19(2)3)28-16(17-8)18-13(22)9-6-20(7-9)14(23)10-4-5-11(27-10)21(25)26/h4-5,9H,6-7H2,1-3H3,(H,17,18,22). The van der Waals surface area contributed by atoms with Crippen molar-refractivity contribution < 1.29 is 23.7 Å². The van der Waals surface area contributed by atoms with E-state index >= 15 is 0 Å². The van der Waals surface area contributed by atoms with Gasteiger partial charge in [0, 0.05) is 27.2 Å². The first-order valence-corrected chi connectivity index (χ1v) is 9.02. The minimum Gasteiger partial charge on any atom is -0.395 e. The van der Waals surface area contributed by atoms with Crippen molar-refractivity contribution in [3.05, 3.63) is 38.6 Å². The molecule has 0 unspecified atom stereocenters. The summed E-state index contributed by atoms with van der Waals surface area (Å²) < 4.78 is 4.88. The van der Waals surface area contributed by atoms with Gasteiger partial charge in [-0.1, -0.05) is 11.3 Å². The fourth-order valence-electron chi connectivity index (χ4n) is 2.57. The SMILES string of the molecule is Cc1nc(NC(=O)C2CN(C(=O)c3ccc([N+](=O)[O-])o3)C2)sc1C(=O)N(C)C. The second-order valence-electron chi connectivity index (χ2n) is 6.42. The van der Waals surface area contributed by atoms with E-state index in [0.717, 1.165) is 17.4 Å². The van der Waals surface area contributed by atoms with E-state index in [0.29, 0.717) is 15.7 Å². The van der Waals surface area contributed by atoms with E-state index in [1.807, 2.05) is 0 Å². The fraction of sp³-hybridized carbons (Fsp3) is 0.375. The number of hydrogen-bond acceptors (Lipinski definition) is 8. The number of aryl methyl sites for hydroxylation is 1. The third-order valence-corrected chi connectivity index (χ3v) is 5.21. The van der Waals surface area contributed by atoms with E-state index in [2.05, 4.69) is 10.3 Å². The van der Waals surface area contributed by atoms with E-state index < -0.39 is 22.6 Å². The van der Waals surface area contributed by atoms with Crippen LogP contribution in [0.3, 0.4) is 0 Å². The lowest BCUT2D eigenvalue weighted by molar-refractivity contribution is -0.402. The normalized spacial score (nSPS) is 13.8. The Morgan fingerprint density at radius 1 is 1.36 bits per heavy atom. The highest BCUT2D eigenvalue weighted by atomic mass is 32.1. The molecule has 0 aliphatic carbocycles. The number of nitrogens with zero attached hydrogens (tertiary/aromatic N) is 4. The first-order chi connectivity index (χ1) is 13.2. The Bertz CT molecular complexity index is 959. The maximum Gasteiger partial charge on any atom is 0.433 e. The van der Waals surface area contributed by atoms with E-state index in [-0.39, 0.29) is 30.7 Å². The molecule has 0 bridgehead atoms. The van der Waals surface area contributed by atoms with Gasteiger partial charge in [-0.05, 0) is 13.0 Å². The number of nitro groups is 1. The van der Waals surface area contributed by atoms with Crippen LogP contribution >= 0.6 is 11.3 Å². The molecule has 0 radical (unpaired) electrons. The zero-order chi connectivity index (χ0) is 20.6. The van der Waals surface area contributed by atoms with Crippen molar-refractivity contribution >= 4 is 40.1 Å². The van der Waals surface area contributed by atoms with Crippen LogP contribution in [0.25, 0.3) is 0 Å². The Labute approximate surface area is 163 Å². The van der Waals surface area contributed by atoms with Gasteiger partial charge in [-0.2, -0.15) is 0 Å². The number of thiazole rings is 1. The monoisotopic (exact) mass is 407 g/mol. The summed E-state index contributed by atoms with van der Waals surface area (Å²) >= 11 is 1.09. The third kappa shape index (κ3) is 3.71. The van der Waals surface area contributed by atoms with Gasteiger partial charge in [0.25, 0.3) is 11.8 Å². The van der Waals surface area contributed by atoms with Crippen molar-refractivity contribution in [3.8, 4) is 0 Å². The van der Waals surface area contributed by atoms with Crippen molar-refractivity contribution in [2.75, 3.05) is 32.5 Å². The maximum absolute atomic E-state index is 12.3. The van der Waals surface area contributed by atoms with Crippen LogP contribution in [-0.4, -0.2) is 64.6 Å². The van der Waals surface area contributed by atoms with Gasteiger partial charge >= 0.3 is 5.88 Å². The fourth-order valence-corrected chi connectivity index (χ4v) is 3.56. The van der Waals surface area contributed by atoms with E-state index in [4.69, 9.17) is 4.42 Å². The molecule has 0 saturated carbocycles. The smallest absolute Gasteiger partial charge is 0.395 e. The van der Waals surface area contributed by atoms with Gasteiger partial charge in [-0.3, -0.25) is 24.5 Å². The molecule has 1 fully saturated rings.